The van der Waals surface area contributed by atoms with E-state index in [-0.39, 0.29) is 173 Å². The first-order valence-corrected chi connectivity index (χ1v) is 11.4. The zero-order valence-electron chi connectivity index (χ0n) is 17.8. The van der Waals surface area contributed by atoms with Gasteiger partial charge >= 0.3 is 13.8 Å². The molecule has 0 amide bonds. The van der Waals surface area contributed by atoms with Crippen LogP contribution in [0.5, 0.6) is 11.5 Å². The van der Waals surface area contributed by atoms with Gasteiger partial charge in [-0.3, -0.25) is 9.12 Å². The van der Waals surface area contributed by atoms with Crippen LogP contribution in [-0.2, 0) is 27.3 Å². The first-order chi connectivity index (χ1) is 13.3. The van der Waals surface area contributed by atoms with Gasteiger partial charge in [-0.2, -0.15) is 21.6 Å². The number of aryl methyl sites for hydroxylation is 1. The summed E-state index contributed by atoms with van der Waals surface area (Å²) in [6, 6.07) is 10.5. The van der Waals surface area contributed by atoms with Gasteiger partial charge in [-0.1, -0.05) is 12.1 Å². The van der Waals surface area contributed by atoms with Gasteiger partial charge in [-0.25, -0.2) is 0 Å². The summed E-state index contributed by atoms with van der Waals surface area (Å²) in [5.74, 6) is 0.506. The predicted molar refractivity (Wildman–Crippen MR) is 116 cm³/mol. The molecule has 15 heteroatoms. The molecule has 0 heterocycles. The van der Waals surface area contributed by atoms with Crippen LogP contribution >= 0.6 is 7.60 Å². The largest absolute Gasteiger partial charge is 0.457 e. The Hall–Kier alpha value is 3.00. The molecule has 0 spiro atoms. The van der Waals surface area contributed by atoms with E-state index in [1.165, 1.54) is 12.1 Å². The maximum absolute atomic E-state index is 12.6. The molecule has 0 saturated carbocycles. The average molecular weight is 572 g/mol. The summed E-state index contributed by atoms with van der Waals surface area (Å²) < 4.78 is 85.7. The molecule has 0 bridgehead atoms. The van der Waals surface area contributed by atoms with Crippen LogP contribution in [0.2, 0.25) is 0 Å². The molecule has 0 aromatic heterocycles. The normalized spacial score (nSPS) is 12.6. The molecular formula is C17H18F3K3O7PS. The molecule has 2 aromatic carbocycles. The van der Waals surface area contributed by atoms with Gasteiger partial charge in [0.05, 0.1) is 5.56 Å². The summed E-state index contributed by atoms with van der Waals surface area (Å²) in [7, 11) is -9.94. The van der Waals surface area contributed by atoms with Crippen LogP contribution in [0, 0.1) is 0 Å². The summed E-state index contributed by atoms with van der Waals surface area (Å²) in [6.07, 6.45) is -4.62. The fourth-order valence-corrected chi connectivity index (χ4v) is 4.96. The molecule has 7 nitrogen and oxygen atoms in total. The maximum Gasteiger partial charge on any atom is 0.416 e. The summed E-state index contributed by atoms with van der Waals surface area (Å²) in [6.45, 7) is 0. The summed E-state index contributed by atoms with van der Waals surface area (Å²) >= 11 is 0. The van der Waals surface area contributed by atoms with Gasteiger partial charge in [0.25, 0.3) is 10.1 Å². The summed E-state index contributed by atoms with van der Waals surface area (Å²) in [5.41, 5.74) is -0.161. The maximum atomic E-state index is 12.6. The summed E-state index contributed by atoms with van der Waals surface area (Å²) in [4.78, 5) is 15.9. The van der Waals surface area contributed by atoms with Crippen LogP contribution < -0.4 is 4.74 Å². The minimum atomic E-state index is -5.03. The number of rotatable bonds is 8. The second-order valence-electron chi connectivity index (χ2n) is 6.22. The van der Waals surface area contributed by atoms with Gasteiger partial charge in [0.15, 0.2) is 4.99 Å². The van der Waals surface area contributed by atoms with Crippen molar-refractivity contribution in [1.29, 1.82) is 0 Å². The van der Waals surface area contributed by atoms with Crippen molar-refractivity contribution in [3.63, 3.8) is 0 Å². The Morgan fingerprint density at radius 1 is 0.969 bits per heavy atom. The summed E-state index contributed by atoms with van der Waals surface area (Å²) in [5, 5.41) is 0. The van der Waals surface area contributed by atoms with Gasteiger partial charge in [-0.15, -0.1) is 0 Å². The van der Waals surface area contributed by atoms with Crippen molar-refractivity contribution in [3.8, 4) is 11.5 Å². The standard InChI is InChI=1S/C17H18F3O7PS.3K/c18-17(19,20)13-7-9-14(10-8-13)27-15-5-1-3-12(11-15)4-2-6-16(28(21,22)23)29(24,25)26;;;/h1,3,5,7-11,16H,2,4,6H2,(H2,21,22,23)(H,24,25,26);;;. The van der Waals surface area contributed by atoms with Crippen molar-refractivity contribution in [2.45, 2.75) is 30.4 Å². The van der Waals surface area contributed by atoms with E-state index >= 15 is 0 Å². The van der Waals surface area contributed by atoms with E-state index in [1.807, 2.05) is 0 Å². The minimum Gasteiger partial charge on any atom is -0.457 e. The number of ether oxygens (including phenoxy) is 1. The van der Waals surface area contributed by atoms with Crippen molar-refractivity contribution in [2.24, 2.45) is 0 Å². The Labute approximate surface area is 311 Å². The topological polar surface area (TPSA) is 121 Å². The van der Waals surface area contributed by atoms with Crippen molar-refractivity contribution >= 4 is 172 Å². The van der Waals surface area contributed by atoms with Gasteiger partial charge in [0.2, 0.25) is 0 Å². The average Bonchev–Trinajstić information content (AvgIpc) is 2.56. The van der Waals surface area contributed by atoms with Crippen molar-refractivity contribution < 1.29 is 45.2 Å². The Kier molecular flexibility index (Phi) is 18.7. The van der Waals surface area contributed by atoms with E-state index in [1.54, 1.807) is 24.3 Å². The molecule has 2 aromatic rings. The van der Waals surface area contributed by atoms with Crippen LogP contribution in [0.15, 0.2) is 48.5 Å². The van der Waals surface area contributed by atoms with E-state index in [0.717, 1.165) is 12.1 Å². The Balaban J connectivity index is 0. The smallest absolute Gasteiger partial charge is 0.416 e. The predicted octanol–water partition coefficient (Wildman–Crippen LogP) is 3.07. The van der Waals surface area contributed by atoms with Crippen molar-refractivity contribution in [1.82, 2.24) is 0 Å². The van der Waals surface area contributed by atoms with E-state index in [2.05, 4.69) is 0 Å². The van der Waals surface area contributed by atoms with Crippen LogP contribution in [0.25, 0.3) is 0 Å². The zero-order chi connectivity index (χ0) is 21.9. The first kappa shape index (κ1) is 37.2. The van der Waals surface area contributed by atoms with Gasteiger partial charge in [0, 0.05) is 154 Å². The van der Waals surface area contributed by atoms with Crippen LogP contribution in [0.3, 0.4) is 0 Å². The van der Waals surface area contributed by atoms with Gasteiger partial charge in [-0.05, 0) is 61.2 Å². The number of alkyl halides is 3. The van der Waals surface area contributed by atoms with Gasteiger partial charge in [0.1, 0.15) is 11.5 Å². The first-order valence-electron chi connectivity index (χ1n) is 8.22. The molecule has 0 saturated heterocycles. The second kappa shape index (κ2) is 16.1. The Morgan fingerprint density at radius 2 is 1.53 bits per heavy atom. The molecule has 0 aliphatic heterocycles. The van der Waals surface area contributed by atoms with Crippen LogP contribution in [0.1, 0.15) is 24.0 Å². The minimum absolute atomic E-state index is 0. The fraction of sp³-hybridized carbons (Fsp3) is 0.294. The monoisotopic (exact) mass is 571 g/mol. The van der Waals surface area contributed by atoms with Crippen molar-refractivity contribution in [2.75, 3.05) is 0 Å². The molecule has 1 atom stereocenters. The van der Waals surface area contributed by atoms with Crippen molar-refractivity contribution in [3.05, 3.63) is 59.7 Å². The molecule has 3 N–H and O–H groups in total. The molecule has 1 unspecified atom stereocenters. The molecule has 0 aliphatic carbocycles. The third kappa shape index (κ3) is 13.0. The third-order valence-electron chi connectivity index (χ3n) is 3.95. The van der Waals surface area contributed by atoms with E-state index in [9.17, 15) is 26.2 Å². The number of halogens is 3. The molecular weight excluding hydrogens is 554 g/mol. The van der Waals surface area contributed by atoms with Crippen LogP contribution in [-0.4, -0.2) is 182 Å². The molecule has 163 valence electrons. The molecule has 0 aliphatic rings. The third-order valence-corrected chi connectivity index (χ3v) is 7.51. The number of benzene rings is 2. The number of hydrogen-bond donors (Lipinski definition) is 3. The second-order valence-corrected chi connectivity index (χ2v) is 9.97. The van der Waals surface area contributed by atoms with E-state index < -0.39 is 40.9 Å². The van der Waals surface area contributed by atoms with E-state index in [0.29, 0.717) is 11.3 Å². The molecule has 3 radical (unpaired) electrons. The van der Waals surface area contributed by atoms with Crippen LogP contribution in [0.4, 0.5) is 13.2 Å². The fourth-order valence-electron chi connectivity index (χ4n) is 2.58. The number of hydrogen-bond acceptors (Lipinski definition) is 4. The molecule has 32 heavy (non-hydrogen) atoms. The zero-order valence-corrected chi connectivity index (χ0v) is 28.9. The van der Waals surface area contributed by atoms with E-state index in [4.69, 9.17) is 19.1 Å². The van der Waals surface area contributed by atoms with Gasteiger partial charge < -0.3 is 14.5 Å². The molecule has 2 rings (SSSR count). The SMILES string of the molecule is O=P(O)(O)C(CCCc1cccc(Oc2ccc(C(F)(F)F)cc2)c1)S(=O)(=O)O.[K].[K].[K]. The molecule has 0 fully saturated rings. The Morgan fingerprint density at radius 3 is 2.00 bits per heavy atom. The Bertz CT molecular complexity index is 999. The quantitative estimate of drug-likeness (QED) is 0.253.